The summed E-state index contributed by atoms with van der Waals surface area (Å²) < 4.78 is 5.61. The molecule has 1 fully saturated rings. The van der Waals surface area contributed by atoms with Crippen molar-refractivity contribution in [1.82, 2.24) is 4.90 Å². The molecule has 2 heterocycles. The number of rotatable bonds is 3. The van der Waals surface area contributed by atoms with Crippen molar-refractivity contribution < 1.29 is 19.7 Å². The van der Waals surface area contributed by atoms with Gasteiger partial charge in [0.1, 0.15) is 6.10 Å². The summed E-state index contributed by atoms with van der Waals surface area (Å²) in [5, 5.41) is 26.6. The van der Waals surface area contributed by atoms with E-state index in [1.807, 2.05) is 6.92 Å². The van der Waals surface area contributed by atoms with E-state index in [2.05, 4.69) is 10.2 Å². The van der Waals surface area contributed by atoms with Crippen molar-refractivity contribution in [2.45, 2.75) is 18.7 Å². The van der Waals surface area contributed by atoms with E-state index < -0.39 is 5.66 Å². The van der Waals surface area contributed by atoms with Crippen LogP contribution in [-0.2, 0) is 9.53 Å². The van der Waals surface area contributed by atoms with Crippen LogP contribution in [0.15, 0.2) is 34.5 Å². The number of amides is 1. The number of hydrogen-bond acceptors (Lipinski definition) is 6. The maximum Gasteiger partial charge on any atom is 0.246 e. The molecule has 2 N–H and O–H groups in total. The number of nitrogens with zero attached hydrogens (tertiary/aromatic N) is 3. The van der Waals surface area contributed by atoms with Crippen LogP contribution in [0.3, 0.4) is 0 Å². The molecule has 1 aromatic carbocycles. The zero-order valence-corrected chi connectivity index (χ0v) is 12.1. The lowest BCUT2D eigenvalue weighted by Crippen LogP contribution is -2.50. The number of phenols is 2. The van der Waals surface area contributed by atoms with Crippen molar-refractivity contribution in [3.05, 3.63) is 29.8 Å². The quantitative estimate of drug-likeness (QED) is 0.654. The van der Waals surface area contributed by atoms with Gasteiger partial charge in [0.25, 0.3) is 0 Å². The van der Waals surface area contributed by atoms with Crippen LogP contribution in [-0.4, -0.2) is 52.5 Å². The summed E-state index contributed by atoms with van der Waals surface area (Å²) in [5.74, 6) is -0.541. The number of aromatic hydroxyl groups is 2. The lowest BCUT2D eigenvalue weighted by Gasteiger charge is -2.33. The van der Waals surface area contributed by atoms with Crippen molar-refractivity contribution in [3.8, 4) is 11.5 Å². The summed E-state index contributed by atoms with van der Waals surface area (Å²) in [6, 6.07) is 4.38. The van der Waals surface area contributed by atoms with Crippen LogP contribution in [0.25, 0.3) is 6.08 Å². The van der Waals surface area contributed by atoms with E-state index in [1.165, 1.54) is 18.2 Å². The molecule has 3 rings (SSSR count). The Labute approximate surface area is 127 Å². The molecular formula is C15H17N3O4. The first kappa shape index (κ1) is 14.5. The molecule has 2 aliphatic rings. The molecular weight excluding hydrogens is 286 g/mol. The molecule has 0 aromatic heterocycles. The van der Waals surface area contributed by atoms with E-state index >= 15 is 0 Å². The number of hydrogen-bond donors (Lipinski definition) is 2. The van der Waals surface area contributed by atoms with Crippen LogP contribution < -0.4 is 0 Å². The number of ether oxygens (including phenoxy) is 1. The van der Waals surface area contributed by atoms with Gasteiger partial charge in [-0.15, -0.1) is 0 Å². The van der Waals surface area contributed by atoms with Gasteiger partial charge in [-0.2, -0.15) is 10.2 Å². The van der Waals surface area contributed by atoms with Gasteiger partial charge in [0.05, 0.1) is 13.2 Å². The van der Waals surface area contributed by atoms with Gasteiger partial charge in [-0.3, -0.25) is 4.79 Å². The van der Waals surface area contributed by atoms with Gasteiger partial charge >= 0.3 is 0 Å². The molecule has 0 aliphatic carbocycles. The molecule has 116 valence electrons. The Balaban J connectivity index is 1.63. The Hall–Kier alpha value is -2.41. The van der Waals surface area contributed by atoms with Crippen LogP contribution in [0.5, 0.6) is 11.5 Å². The summed E-state index contributed by atoms with van der Waals surface area (Å²) in [6.07, 6.45) is 2.84. The first-order chi connectivity index (χ1) is 10.5. The molecule has 7 heteroatoms. The minimum absolute atomic E-state index is 0.134. The second-order valence-electron chi connectivity index (χ2n) is 5.52. The Morgan fingerprint density at radius 1 is 1.41 bits per heavy atom. The van der Waals surface area contributed by atoms with Crippen molar-refractivity contribution in [2.24, 2.45) is 10.2 Å². The molecule has 1 saturated heterocycles. The standard InChI is InChI=1S/C15H17N3O4/c1-15(16-17-15)13-9-18(6-7-22-13)14(21)5-3-10-2-4-11(19)12(20)8-10/h2-5,8,13,19-20H,6-7,9H2,1H3. The highest BCUT2D eigenvalue weighted by atomic mass is 16.5. The lowest BCUT2D eigenvalue weighted by atomic mass is 10.1. The van der Waals surface area contributed by atoms with Gasteiger partial charge in [0, 0.05) is 12.6 Å². The van der Waals surface area contributed by atoms with Crippen molar-refractivity contribution >= 4 is 12.0 Å². The number of morpholine rings is 1. The minimum Gasteiger partial charge on any atom is -0.504 e. The summed E-state index contributed by atoms with van der Waals surface area (Å²) >= 11 is 0. The zero-order chi connectivity index (χ0) is 15.7. The van der Waals surface area contributed by atoms with Gasteiger partial charge < -0.3 is 19.8 Å². The van der Waals surface area contributed by atoms with Crippen molar-refractivity contribution in [3.63, 3.8) is 0 Å². The Morgan fingerprint density at radius 3 is 2.86 bits per heavy atom. The third kappa shape index (κ3) is 2.94. The van der Waals surface area contributed by atoms with Crippen LogP contribution >= 0.6 is 0 Å². The van der Waals surface area contributed by atoms with Crippen molar-refractivity contribution in [1.29, 1.82) is 0 Å². The fourth-order valence-electron chi connectivity index (χ4n) is 2.30. The normalized spacial score (nSPS) is 23.0. The third-order valence-electron chi connectivity index (χ3n) is 3.82. The third-order valence-corrected chi connectivity index (χ3v) is 3.82. The summed E-state index contributed by atoms with van der Waals surface area (Å²) in [5.41, 5.74) is 0.124. The molecule has 2 aliphatic heterocycles. The van der Waals surface area contributed by atoms with Crippen molar-refractivity contribution in [2.75, 3.05) is 19.7 Å². The molecule has 0 saturated carbocycles. The monoisotopic (exact) mass is 303 g/mol. The fourth-order valence-corrected chi connectivity index (χ4v) is 2.30. The molecule has 1 amide bonds. The van der Waals surface area contributed by atoms with E-state index in [4.69, 9.17) is 4.74 Å². The molecule has 0 bridgehead atoms. The minimum atomic E-state index is -0.509. The predicted octanol–water partition coefficient (Wildman–Crippen LogP) is 1.52. The molecule has 1 unspecified atom stereocenters. The molecule has 22 heavy (non-hydrogen) atoms. The Bertz CT molecular complexity index is 650. The first-order valence-electron chi connectivity index (χ1n) is 7.02. The Morgan fingerprint density at radius 2 is 2.18 bits per heavy atom. The second-order valence-corrected chi connectivity index (χ2v) is 5.52. The smallest absolute Gasteiger partial charge is 0.246 e. The van der Waals surface area contributed by atoms with E-state index in [9.17, 15) is 15.0 Å². The van der Waals surface area contributed by atoms with Gasteiger partial charge in [-0.25, -0.2) is 0 Å². The van der Waals surface area contributed by atoms with E-state index in [-0.39, 0.29) is 23.5 Å². The molecule has 1 aromatic rings. The average Bonchev–Trinajstić information content (AvgIpc) is 3.27. The first-order valence-corrected chi connectivity index (χ1v) is 7.02. The topological polar surface area (TPSA) is 94.7 Å². The van der Waals surface area contributed by atoms with Crippen LogP contribution in [0.1, 0.15) is 12.5 Å². The summed E-state index contributed by atoms with van der Waals surface area (Å²) in [4.78, 5) is 13.9. The number of carbonyl (C=O) groups excluding carboxylic acids is 1. The van der Waals surface area contributed by atoms with Gasteiger partial charge in [0.15, 0.2) is 11.5 Å². The second kappa shape index (κ2) is 5.42. The van der Waals surface area contributed by atoms with E-state index in [1.54, 1.807) is 17.0 Å². The fraction of sp³-hybridized carbons (Fsp3) is 0.400. The maximum absolute atomic E-state index is 12.2. The van der Waals surface area contributed by atoms with Gasteiger partial charge in [0.2, 0.25) is 11.6 Å². The summed E-state index contributed by atoms with van der Waals surface area (Å²) in [6.45, 7) is 3.32. The number of phenolic OH excluding ortho intramolecular Hbond substituents is 2. The summed E-state index contributed by atoms with van der Waals surface area (Å²) in [7, 11) is 0. The maximum atomic E-state index is 12.2. The zero-order valence-electron chi connectivity index (χ0n) is 12.1. The highest BCUT2D eigenvalue weighted by Gasteiger charge is 2.46. The van der Waals surface area contributed by atoms with Crippen LogP contribution in [0, 0.1) is 0 Å². The largest absolute Gasteiger partial charge is 0.504 e. The average molecular weight is 303 g/mol. The van der Waals surface area contributed by atoms with Gasteiger partial charge in [-0.1, -0.05) is 6.07 Å². The van der Waals surface area contributed by atoms with Crippen LogP contribution in [0.2, 0.25) is 0 Å². The molecule has 0 spiro atoms. The van der Waals surface area contributed by atoms with E-state index in [0.29, 0.717) is 25.3 Å². The molecule has 1 atom stereocenters. The predicted molar refractivity (Wildman–Crippen MR) is 78.4 cm³/mol. The highest BCUT2D eigenvalue weighted by molar-refractivity contribution is 5.92. The lowest BCUT2D eigenvalue weighted by molar-refractivity contribution is -0.134. The highest BCUT2D eigenvalue weighted by Crippen LogP contribution is 2.34. The number of benzene rings is 1. The van der Waals surface area contributed by atoms with Gasteiger partial charge in [-0.05, 0) is 30.7 Å². The Kier molecular flexibility index (Phi) is 3.58. The van der Waals surface area contributed by atoms with E-state index in [0.717, 1.165) is 0 Å². The number of carbonyl (C=O) groups is 1. The molecule has 7 nitrogen and oxygen atoms in total. The SMILES string of the molecule is CC1(C2CN(C(=O)C=Cc3ccc(O)c(O)c3)CCO2)N=N1. The molecule has 0 radical (unpaired) electrons. The van der Waals surface area contributed by atoms with Crippen LogP contribution in [0.4, 0.5) is 0 Å².